The standard InChI is InChI=1S/C11H13N3O2/c12-8(1-2-10(15)16)11-7-3-5-13-9(7)4-6-14-11/h3-6,8,13H,1-2,12H2,(H,15,16). The average molecular weight is 219 g/mol. The zero-order valence-electron chi connectivity index (χ0n) is 8.68. The van der Waals surface area contributed by atoms with Gasteiger partial charge in [0.05, 0.1) is 5.69 Å². The quantitative estimate of drug-likeness (QED) is 0.725. The van der Waals surface area contributed by atoms with Gasteiger partial charge in [0.1, 0.15) is 0 Å². The lowest BCUT2D eigenvalue weighted by Gasteiger charge is -2.10. The van der Waals surface area contributed by atoms with E-state index in [1.165, 1.54) is 0 Å². The number of hydrogen-bond donors (Lipinski definition) is 3. The molecular weight excluding hydrogens is 206 g/mol. The van der Waals surface area contributed by atoms with Crippen molar-refractivity contribution in [2.45, 2.75) is 18.9 Å². The maximum atomic E-state index is 10.5. The van der Waals surface area contributed by atoms with Gasteiger partial charge in [0.15, 0.2) is 0 Å². The minimum absolute atomic E-state index is 0.0592. The van der Waals surface area contributed by atoms with Crippen LogP contribution in [0.3, 0.4) is 0 Å². The van der Waals surface area contributed by atoms with Crippen LogP contribution in [0.15, 0.2) is 24.5 Å². The van der Waals surface area contributed by atoms with E-state index in [9.17, 15) is 4.79 Å². The number of hydrogen-bond acceptors (Lipinski definition) is 3. The number of nitrogens with one attached hydrogen (secondary N) is 1. The number of carbonyl (C=O) groups is 1. The van der Waals surface area contributed by atoms with Crippen molar-refractivity contribution in [3.05, 3.63) is 30.2 Å². The van der Waals surface area contributed by atoms with E-state index < -0.39 is 5.97 Å². The summed E-state index contributed by atoms with van der Waals surface area (Å²) in [5.41, 5.74) is 7.65. The summed E-state index contributed by atoms with van der Waals surface area (Å²) in [7, 11) is 0. The largest absolute Gasteiger partial charge is 0.481 e. The minimum atomic E-state index is -0.836. The van der Waals surface area contributed by atoms with Crippen LogP contribution in [0.1, 0.15) is 24.6 Å². The third kappa shape index (κ3) is 2.04. The average Bonchev–Trinajstić information content (AvgIpc) is 2.73. The number of nitrogens with two attached hydrogens (primary N) is 1. The third-order valence-corrected chi connectivity index (χ3v) is 2.53. The zero-order valence-corrected chi connectivity index (χ0v) is 8.68. The maximum Gasteiger partial charge on any atom is 0.303 e. The molecule has 0 aliphatic carbocycles. The van der Waals surface area contributed by atoms with Crippen molar-refractivity contribution in [1.29, 1.82) is 0 Å². The molecule has 5 nitrogen and oxygen atoms in total. The second-order valence-electron chi connectivity index (χ2n) is 3.67. The summed E-state index contributed by atoms with van der Waals surface area (Å²) in [5, 5.41) is 9.56. The summed E-state index contributed by atoms with van der Waals surface area (Å²) in [6.07, 6.45) is 3.95. The molecular formula is C11H13N3O2. The first-order chi connectivity index (χ1) is 7.68. The van der Waals surface area contributed by atoms with Crippen LogP contribution in [0.4, 0.5) is 0 Å². The molecule has 84 valence electrons. The van der Waals surface area contributed by atoms with E-state index in [1.54, 1.807) is 6.20 Å². The van der Waals surface area contributed by atoms with Gasteiger partial charge in [-0.25, -0.2) is 0 Å². The lowest BCUT2D eigenvalue weighted by atomic mass is 10.1. The Morgan fingerprint density at radius 2 is 2.38 bits per heavy atom. The molecule has 0 radical (unpaired) electrons. The van der Waals surface area contributed by atoms with Crippen molar-refractivity contribution < 1.29 is 9.90 Å². The number of carboxylic acids is 1. The highest BCUT2D eigenvalue weighted by Crippen LogP contribution is 2.22. The fourth-order valence-corrected chi connectivity index (χ4v) is 1.72. The molecule has 1 atom stereocenters. The van der Waals surface area contributed by atoms with Gasteiger partial charge in [0.25, 0.3) is 0 Å². The van der Waals surface area contributed by atoms with Gasteiger partial charge in [-0.1, -0.05) is 0 Å². The van der Waals surface area contributed by atoms with E-state index in [1.807, 2.05) is 18.3 Å². The number of H-pyrrole nitrogens is 1. The highest BCUT2D eigenvalue weighted by molar-refractivity contribution is 5.81. The Morgan fingerprint density at radius 1 is 1.56 bits per heavy atom. The maximum absolute atomic E-state index is 10.5. The van der Waals surface area contributed by atoms with Crippen LogP contribution in [0.5, 0.6) is 0 Å². The Hall–Kier alpha value is -1.88. The molecule has 1 unspecified atom stereocenters. The molecule has 0 aliphatic rings. The molecule has 0 spiro atoms. The number of carboxylic acid groups (broad SMARTS) is 1. The lowest BCUT2D eigenvalue weighted by molar-refractivity contribution is -0.137. The Balaban J connectivity index is 2.25. The summed E-state index contributed by atoms with van der Waals surface area (Å²) in [6.45, 7) is 0. The SMILES string of the molecule is NC(CCC(=O)O)c1nccc2[nH]ccc12. The first-order valence-corrected chi connectivity index (χ1v) is 5.08. The second kappa shape index (κ2) is 4.32. The molecule has 0 saturated heterocycles. The summed E-state index contributed by atoms with van der Waals surface area (Å²) >= 11 is 0. The van der Waals surface area contributed by atoms with E-state index in [4.69, 9.17) is 10.8 Å². The zero-order chi connectivity index (χ0) is 11.5. The topological polar surface area (TPSA) is 92.0 Å². The van der Waals surface area contributed by atoms with E-state index >= 15 is 0 Å². The molecule has 0 bridgehead atoms. The van der Waals surface area contributed by atoms with E-state index in [2.05, 4.69) is 9.97 Å². The van der Waals surface area contributed by atoms with Crippen LogP contribution in [0, 0.1) is 0 Å². The van der Waals surface area contributed by atoms with Crippen LogP contribution in [0.2, 0.25) is 0 Å². The summed E-state index contributed by atoms with van der Waals surface area (Å²) in [4.78, 5) is 17.8. The summed E-state index contributed by atoms with van der Waals surface area (Å²) < 4.78 is 0. The molecule has 0 fully saturated rings. The van der Waals surface area contributed by atoms with E-state index in [-0.39, 0.29) is 12.5 Å². The highest BCUT2D eigenvalue weighted by atomic mass is 16.4. The first kappa shape index (κ1) is 10.6. The molecule has 2 aromatic rings. The number of aliphatic carboxylic acids is 1. The normalized spacial score (nSPS) is 12.8. The molecule has 2 heterocycles. The van der Waals surface area contributed by atoms with Gasteiger partial charge in [-0.2, -0.15) is 0 Å². The summed E-state index contributed by atoms with van der Waals surface area (Å²) in [6, 6.07) is 3.43. The molecule has 0 aromatic carbocycles. The fourth-order valence-electron chi connectivity index (χ4n) is 1.72. The van der Waals surface area contributed by atoms with Crippen molar-refractivity contribution >= 4 is 16.9 Å². The van der Waals surface area contributed by atoms with Gasteiger partial charge < -0.3 is 15.8 Å². The number of fused-ring (bicyclic) bond motifs is 1. The van der Waals surface area contributed by atoms with Crippen molar-refractivity contribution in [3.63, 3.8) is 0 Å². The van der Waals surface area contributed by atoms with Gasteiger partial charge in [-0.15, -0.1) is 0 Å². The Bertz CT molecular complexity index is 507. The molecule has 4 N–H and O–H groups in total. The van der Waals surface area contributed by atoms with Crippen molar-refractivity contribution in [2.75, 3.05) is 0 Å². The Labute approximate surface area is 92.3 Å². The fraction of sp³-hybridized carbons (Fsp3) is 0.273. The number of rotatable bonds is 4. The summed E-state index contributed by atoms with van der Waals surface area (Å²) in [5.74, 6) is -0.836. The Morgan fingerprint density at radius 3 is 3.12 bits per heavy atom. The number of pyridine rings is 1. The number of aromatic nitrogens is 2. The third-order valence-electron chi connectivity index (χ3n) is 2.53. The van der Waals surface area contributed by atoms with Gasteiger partial charge in [-0.3, -0.25) is 9.78 Å². The van der Waals surface area contributed by atoms with Gasteiger partial charge in [0, 0.05) is 35.8 Å². The first-order valence-electron chi connectivity index (χ1n) is 5.08. The van der Waals surface area contributed by atoms with Crippen LogP contribution < -0.4 is 5.73 Å². The van der Waals surface area contributed by atoms with Gasteiger partial charge in [0.2, 0.25) is 0 Å². The van der Waals surface area contributed by atoms with Crippen LogP contribution in [0.25, 0.3) is 10.9 Å². The van der Waals surface area contributed by atoms with Crippen molar-refractivity contribution in [3.8, 4) is 0 Å². The van der Waals surface area contributed by atoms with Crippen LogP contribution >= 0.6 is 0 Å². The van der Waals surface area contributed by atoms with E-state index in [0.717, 1.165) is 16.6 Å². The number of aromatic amines is 1. The lowest BCUT2D eigenvalue weighted by Crippen LogP contribution is -2.14. The Kier molecular flexibility index (Phi) is 2.87. The molecule has 5 heteroatoms. The molecule has 0 saturated carbocycles. The molecule has 2 rings (SSSR count). The number of nitrogens with zero attached hydrogens (tertiary/aromatic N) is 1. The molecule has 2 aromatic heterocycles. The molecule has 0 amide bonds. The molecule has 16 heavy (non-hydrogen) atoms. The predicted molar refractivity (Wildman–Crippen MR) is 59.9 cm³/mol. The van der Waals surface area contributed by atoms with Crippen molar-refractivity contribution in [1.82, 2.24) is 9.97 Å². The van der Waals surface area contributed by atoms with Crippen molar-refractivity contribution in [2.24, 2.45) is 5.73 Å². The highest BCUT2D eigenvalue weighted by Gasteiger charge is 2.13. The second-order valence-corrected chi connectivity index (χ2v) is 3.67. The van der Waals surface area contributed by atoms with Crippen LogP contribution in [-0.4, -0.2) is 21.0 Å². The molecule has 0 aliphatic heterocycles. The smallest absolute Gasteiger partial charge is 0.303 e. The van der Waals surface area contributed by atoms with E-state index in [0.29, 0.717) is 6.42 Å². The predicted octanol–water partition coefficient (Wildman–Crippen LogP) is 1.43. The van der Waals surface area contributed by atoms with Gasteiger partial charge in [-0.05, 0) is 18.6 Å². The van der Waals surface area contributed by atoms with Gasteiger partial charge >= 0.3 is 5.97 Å². The van der Waals surface area contributed by atoms with Crippen LogP contribution in [-0.2, 0) is 4.79 Å². The minimum Gasteiger partial charge on any atom is -0.481 e. The monoisotopic (exact) mass is 219 g/mol.